The van der Waals surface area contributed by atoms with Crippen LogP contribution in [0.2, 0.25) is 0 Å². The Kier molecular flexibility index (Phi) is 4.40. The van der Waals surface area contributed by atoms with Gasteiger partial charge in [-0.3, -0.25) is 0 Å². The van der Waals surface area contributed by atoms with Gasteiger partial charge in [-0.1, -0.05) is 54.9 Å². The molecule has 1 N–H and O–H groups in total. The van der Waals surface area contributed by atoms with Crippen molar-refractivity contribution in [3.8, 4) is 0 Å². The first-order valence-corrected chi connectivity index (χ1v) is 6.87. The van der Waals surface area contributed by atoms with Crippen LogP contribution < -0.4 is 0 Å². The van der Waals surface area contributed by atoms with Gasteiger partial charge < -0.3 is 4.98 Å². The number of imidazole rings is 1. The highest BCUT2D eigenvalue weighted by Gasteiger charge is 2.25. The van der Waals surface area contributed by atoms with Crippen molar-refractivity contribution in [1.82, 2.24) is 9.97 Å². The van der Waals surface area contributed by atoms with E-state index in [1.807, 2.05) is 0 Å². The Labute approximate surface area is 106 Å². The van der Waals surface area contributed by atoms with Gasteiger partial charge in [0, 0.05) is 17.0 Å². The largest absolute Gasteiger partial charge is 0.345 e. The summed E-state index contributed by atoms with van der Waals surface area (Å²) in [6.45, 7) is 15.7. The molecular weight excluding hydrogens is 208 g/mol. The maximum Gasteiger partial charge on any atom is 0.109 e. The molecule has 0 saturated carbocycles. The van der Waals surface area contributed by atoms with Gasteiger partial charge in [0.1, 0.15) is 5.82 Å². The molecule has 1 heterocycles. The Morgan fingerprint density at radius 2 is 1.76 bits per heavy atom. The lowest BCUT2D eigenvalue weighted by atomic mass is 9.88. The maximum absolute atomic E-state index is 4.84. The number of hydrogen-bond acceptors (Lipinski definition) is 1. The first kappa shape index (κ1) is 14.3. The lowest BCUT2D eigenvalue weighted by Gasteiger charge is -2.19. The van der Waals surface area contributed by atoms with E-state index in [2.05, 4.69) is 53.5 Å². The molecule has 0 aliphatic carbocycles. The van der Waals surface area contributed by atoms with Crippen molar-refractivity contribution in [3.63, 3.8) is 0 Å². The van der Waals surface area contributed by atoms with Crippen molar-refractivity contribution in [2.24, 2.45) is 0 Å². The molecule has 0 radical (unpaired) electrons. The van der Waals surface area contributed by atoms with Crippen LogP contribution in [0.15, 0.2) is 0 Å². The van der Waals surface area contributed by atoms with E-state index in [4.69, 9.17) is 4.98 Å². The second kappa shape index (κ2) is 5.24. The quantitative estimate of drug-likeness (QED) is 0.804. The smallest absolute Gasteiger partial charge is 0.109 e. The Bertz CT molecular complexity index is 355. The van der Waals surface area contributed by atoms with Gasteiger partial charge in [0.05, 0.1) is 5.69 Å². The minimum absolute atomic E-state index is 0.150. The van der Waals surface area contributed by atoms with E-state index >= 15 is 0 Å². The third-order valence-corrected chi connectivity index (χ3v) is 3.24. The monoisotopic (exact) mass is 236 g/mol. The molecule has 1 rings (SSSR count). The van der Waals surface area contributed by atoms with Crippen molar-refractivity contribution < 1.29 is 0 Å². The third-order valence-electron chi connectivity index (χ3n) is 3.24. The third kappa shape index (κ3) is 3.34. The summed E-state index contributed by atoms with van der Waals surface area (Å²) in [5.41, 5.74) is 2.71. The molecule has 1 aromatic rings. The summed E-state index contributed by atoms with van der Waals surface area (Å²) in [6, 6.07) is 0. The lowest BCUT2D eigenvalue weighted by molar-refractivity contribution is 0.555. The van der Waals surface area contributed by atoms with Gasteiger partial charge in [-0.15, -0.1) is 0 Å². The first-order chi connectivity index (χ1) is 7.77. The Hall–Kier alpha value is -0.790. The van der Waals surface area contributed by atoms with Gasteiger partial charge in [-0.2, -0.15) is 0 Å². The molecular formula is C15H28N2. The highest BCUT2D eigenvalue weighted by Crippen LogP contribution is 2.31. The van der Waals surface area contributed by atoms with Gasteiger partial charge in [0.15, 0.2) is 0 Å². The highest BCUT2D eigenvalue weighted by atomic mass is 15.0. The number of H-pyrrole nitrogens is 1. The van der Waals surface area contributed by atoms with Crippen molar-refractivity contribution in [2.45, 2.75) is 78.6 Å². The van der Waals surface area contributed by atoms with Crippen molar-refractivity contribution in [2.75, 3.05) is 0 Å². The molecule has 0 saturated heterocycles. The summed E-state index contributed by atoms with van der Waals surface area (Å²) < 4.78 is 0. The zero-order valence-electron chi connectivity index (χ0n) is 12.5. The normalized spacial score (nSPS) is 14.4. The highest BCUT2D eigenvalue weighted by molar-refractivity contribution is 5.25. The molecule has 0 amide bonds. The van der Waals surface area contributed by atoms with Crippen LogP contribution >= 0.6 is 0 Å². The zero-order valence-corrected chi connectivity index (χ0v) is 12.5. The van der Waals surface area contributed by atoms with E-state index in [0.717, 1.165) is 0 Å². The van der Waals surface area contributed by atoms with Crippen LogP contribution in [-0.2, 0) is 5.41 Å². The number of aromatic nitrogens is 2. The molecule has 0 bridgehead atoms. The fourth-order valence-corrected chi connectivity index (χ4v) is 2.20. The Balaban J connectivity index is 3.13. The average molecular weight is 236 g/mol. The van der Waals surface area contributed by atoms with E-state index < -0.39 is 0 Å². The molecule has 17 heavy (non-hydrogen) atoms. The molecule has 0 aliphatic rings. The van der Waals surface area contributed by atoms with Crippen LogP contribution in [0.1, 0.15) is 90.4 Å². The second-order valence-electron chi connectivity index (χ2n) is 6.48. The van der Waals surface area contributed by atoms with Crippen LogP contribution in [-0.4, -0.2) is 9.97 Å². The van der Waals surface area contributed by atoms with Gasteiger partial charge in [0.25, 0.3) is 0 Å². The molecule has 2 nitrogen and oxygen atoms in total. The Morgan fingerprint density at radius 1 is 1.18 bits per heavy atom. The molecule has 0 fully saturated rings. The lowest BCUT2D eigenvalue weighted by Crippen LogP contribution is -2.15. The predicted molar refractivity (Wildman–Crippen MR) is 74.7 cm³/mol. The van der Waals surface area contributed by atoms with Gasteiger partial charge in [0.2, 0.25) is 0 Å². The van der Waals surface area contributed by atoms with Crippen LogP contribution in [0, 0.1) is 0 Å². The van der Waals surface area contributed by atoms with Crippen LogP contribution in [0.5, 0.6) is 0 Å². The minimum atomic E-state index is 0.150. The number of aromatic amines is 1. The SMILES string of the molecule is CCCC(C)c1nc(C(C)C)c(C(C)(C)C)[nH]1. The first-order valence-electron chi connectivity index (χ1n) is 6.87. The molecule has 98 valence electrons. The van der Waals surface area contributed by atoms with Crippen LogP contribution in [0.3, 0.4) is 0 Å². The number of rotatable bonds is 4. The van der Waals surface area contributed by atoms with Crippen LogP contribution in [0.4, 0.5) is 0 Å². The fraction of sp³-hybridized carbons (Fsp3) is 0.800. The van der Waals surface area contributed by atoms with E-state index in [1.165, 1.54) is 30.1 Å². The van der Waals surface area contributed by atoms with E-state index in [9.17, 15) is 0 Å². The van der Waals surface area contributed by atoms with Gasteiger partial charge in [-0.05, 0) is 12.3 Å². The van der Waals surface area contributed by atoms with Crippen LogP contribution in [0.25, 0.3) is 0 Å². The summed E-state index contributed by atoms with van der Waals surface area (Å²) in [7, 11) is 0. The number of nitrogens with zero attached hydrogens (tertiary/aromatic N) is 1. The summed E-state index contributed by atoms with van der Waals surface area (Å²) in [5.74, 6) is 2.19. The Morgan fingerprint density at radius 3 is 2.12 bits per heavy atom. The molecule has 1 atom stereocenters. The standard InChI is InChI=1S/C15H28N2/c1-8-9-11(4)14-16-12(10(2)3)13(17-14)15(5,6)7/h10-11H,8-9H2,1-7H3,(H,16,17). The predicted octanol–water partition coefficient (Wildman–Crippen LogP) is 4.73. The maximum atomic E-state index is 4.84. The summed E-state index contributed by atoms with van der Waals surface area (Å²) in [4.78, 5) is 8.42. The summed E-state index contributed by atoms with van der Waals surface area (Å²) >= 11 is 0. The summed E-state index contributed by atoms with van der Waals surface area (Å²) in [5, 5.41) is 0. The van der Waals surface area contributed by atoms with Crippen molar-refractivity contribution in [1.29, 1.82) is 0 Å². The van der Waals surface area contributed by atoms with Crippen molar-refractivity contribution >= 4 is 0 Å². The average Bonchev–Trinajstić information content (AvgIpc) is 2.61. The summed E-state index contributed by atoms with van der Waals surface area (Å²) in [6.07, 6.45) is 2.42. The molecule has 0 aromatic carbocycles. The molecule has 1 unspecified atom stereocenters. The zero-order chi connectivity index (χ0) is 13.2. The number of nitrogens with one attached hydrogen (secondary N) is 1. The van der Waals surface area contributed by atoms with Gasteiger partial charge >= 0.3 is 0 Å². The van der Waals surface area contributed by atoms with Crippen molar-refractivity contribution in [3.05, 3.63) is 17.2 Å². The van der Waals surface area contributed by atoms with E-state index in [0.29, 0.717) is 11.8 Å². The molecule has 2 heteroatoms. The van der Waals surface area contributed by atoms with Gasteiger partial charge in [-0.25, -0.2) is 4.98 Å². The topological polar surface area (TPSA) is 28.7 Å². The second-order valence-corrected chi connectivity index (χ2v) is 6.48. The molecule has 0 aliphatic heterocycles. The molecule has 1 aromatic heterocycles. The molecule has 0 spiro atoms. The van der Waals surface area contributed by atoms with E-state index in [1.54, 1.807) is 0 Å². The van der Waals surface area contributed by atoms with E-state index in [-0.39, 0.29) is 5.41 Å². The number of hydrogen-bond donors (Lipinski definition) is 1. The fourth-order valence-electron chi connectivity index (χ4n) is 2.20. The minimum Gasteiger partial charge on any atom is -0.345 e.